The molecular formula is C16H10F3N3O2S. The van der Waals surface area contributed by atoms with Crippen molar-refractivity contribution in [1.29, 1.82) is 0 Å². The van der Waals surface area contributed by atoms with Crippen LogP contribution in [-0.2, 0) is 6.18 Å². The lowest BCUT2D eigenvalue weighted by molar-refractivity contribution is -0.137. The van der Waals surface area contributed by atoms with E-state index >= 15 is 0 Å². The summed E-state index contributed by atoms with van der Waals surface area (Å²) in [6, 6.07) is 9.70. The number of pyridine rings is 1. The monoisotopic (exact) mass is 365 g/mol. The molecule has 0 bridgehead atoms. The second-order valence-corrected chi connectivity index (χ2v) is 6.01. The van der Waals surface area contributed by atoms with E-state index in [4.69, 9.17) is 0 Å². The molecule has 0 aliphatic rings. The summed E-state index contributed by atoms with van der Waals surface area (Å²) in [7, 11) is 0. The van der Waals surface area contributed by atoms with Crippen LogP contribution in [-0.4, -0.2) is 15.9 Å². The molecule has 2 heterocycles. The Kier molecular flexibility index (Phi) is 4.41. The van der Waals surface area contributed by atoms with Gasteiger partial charge in [-0.15, -0.1) is 11.3 Å². The van der Waals surface area contributed by atoms with Crippen LogP contribution >= 0.6 is 11.3 Å². The number of benzene rings is 1. The number of alkyl halides is 3. The highest BCUT2D eigenvalue weighted by Crippen LogP contribution is 2.29. The molecule has 1 aromatic carbocycles. The van der Waals surface area contributed by atoms with Crippen molar-refractivity contribution < 1.29 is 18.0 Å². The molecule has 0 unspecified atom stereocenters. The smallest absolute Gasteiger partial charge is 0.327 e. The molecule has 3 aromatic rings. The van der Waals surface area contributed by atoms with Crippen LogP contribution in [0.4, 0.5) is 18.9 Å². The first kappa shape index (κ1) is 16.9. The number of rotatable bonds is 3. The number of thiazole rings is 1. The maximum absolute atomic E-state index is 12.7. The van der Waals surface area contributed by atoms with Gasteiger partial charge in [-0.05, 0) is 6.07 Å². The fraction of sp³-hybridized carbons (Fsp3) is 0.0625. The number of nitrogens with one attached hydrogen (secondary N) is 2. The molecule has 128 valence electrons. The highest BCUT2D eigenvalue weighted by atomic mass is 32.1. The number of hydrogen-bond donors (Lipinski definition) is 2. The molecule has 2 N–H and O–H groups in total. The van der Waals surface area contributed by atoms with Gasteiger partial charge in [-0.3, -0.25) is 9.59 Å². The minimum Gasteiger partial charge on any atom is -0.327 e. The van der Waals surface area contributed by atoms with E-state index in [-0.39, 0.29) is 4.88 Å². The molecule has 0 aliphatic carbocycles. The third-order valence-electron chi connectivity index (χ3n) is 3.23. The molecule has 0 radical (unpaired) electrons. The molecule has 3 rings (SSSR count). The van der Waals surface area contributed by atoms with Crippen LogP contribution in [0, 0.1) is 0 Å². The highest BCUT2D eigenvalue weighted by Gasteiger charge is 2.31. The van der Waals surface area contributed by atoms with Crippen LogP contribution in [0.5, 0.6) is 0 Å². The van der Waals surface area contributed by atoms with Crippen LogP contribution in [0.3, 0.4) is 0 Å². The van der Waals surface area contributed by atoms with Gasteiger partial charge in [0.25, 0.3) is 11.5 Å². The molecule has 25 heavy (non-hydrogen) atoms. The minimum atomic E-state index is -4.63. The molecule has 0 saturated heterocycles. The van der Waals surface area contributed by atoms with Gasteiger partial charge in [0, 0.05) is 11.8 Å². The van der Waals surface area contributed by atoms with Crippen LogP contribution < -0.4 is 10.9 Å². The lowest BCUT2D eigenvalue weighted by atomic mass is 10.2. The standard InChI is InChI=1S/C16H10F3N3O2S/c17-16(18,19)10-6-11(13(23)20-7-10)22-14(24)12-8-21-15(25-12)9-4-2-1-3-5-9/h1-8H,(H,20,23)(H,22,24). The number of carbonyl (C=O) groups excluding carboxylic acids is 1. The summed E-state index contributed by atoms with van der Waals surface area (Å²) in [6.07, 6.45) is -2.77. The van der Waals surface area contributed by atoms with E-state index < -0.39 is 28.9 Å². The first-order chi connectivity index (χ1) is 11.8. The average Bonchev–Trinajstić information content (AvgIpc) is 3.07. The van der Waals surface area contributed by atoms with E-state index in [1.807, 2.05) is 35.3 Å². The summed E-state index contributed by atoms with van der Waals surface area (Å²) >= 11 is 1.07. The van der Waals surface area contributed by atoms with Gasteiger partial charge in [0.15, 0.2) is 0 Å². The van der Waals surface area contributed by atoms with Crippen molar-refractivity contribution in [3.8, 4) is 10.6 Å². The molecule has 9 heteroatoms. The zero-order valence-corrected chi connectivity index (χ0v) is 13.2. The predicted octanol–water partition coefficient (Wildman–Crippen LogP) is 3.77. The molecule has 0 saturated carbocycles. The van der Waals surface area contributed by atoms with Gasteiger partial charge >= 0.3 is 6.18 Å². The van der Waals surface area contributed by atoms with Gasteiger partial charge in [0.1, 0.15) is 15.6 Å². The first-order valence-electron chi connectivity index (χ1n) is 6.97. The third kappa shape index (κ3) is 3.77. The molecule has 0 aliphatic heterocycles. The van der Waals surface area contributed by atoms with Gasteiger partial charge < -0.3 is 10.3 Å². The van der Waals surface area contributed by atoms with E-state index in [0.717, 1.165) is 16.9 Å². The van der Waals surface area contributed by atoms with Crippen molar-refractivity contribution in [2.45, 2.75) is 6.18 Å². The lowest BCUT2D eigenvalue weighted by Crippen LogP contribution is -2.21. The number of halogens is 3. The number of H-pyrrole nitrogens is 1. The molecule has 1 amide bonds. The Morgan fingerprint density at radius 3 is 2.60 bits per heavy atom. The summed E-state index contributed by atoms with van der Waals surface area (Å²) in [4.78, 5) is 30.1. The van der Waals surface area contributed by atoms with Crippen molar-refractivity contribution >= 4 is 22.9 Å². The Bertz CT molecular complexity index is 965. The van der Waals surface area contributed by atoms with E-state index in [2.05, 4.69) is 10.3 Å². The Morgan fingerprint density at radius 2 is 1.92 bits per heavy atom. The maximum Gasteiger partial charge on any atom is 0.417 e. The summed E-state index contributed by atoms with van der Waals surface area (Å²) in [5.41, 5.74) is -1.55. The fourth-order valence-corrected chi connectivity index (χ4v) is 2.83. The van der Waals surface area contributed by atoms with E-state index in [9.17, 15) is 22.8 Å². The Labute approximate surface area is 143 Å². The molecule has 2 aromatic heterocycles. The number of aromatic amines is 1. The second-order valence-electron chi connectivity index (χ2n) is 4.98. The Morgan fingerprint density at radius 1 is 1.20 bits per heavy atom. The zero-order chi connectivity index (χ0) is 18.0. The number of aromatic nitrogens is 2. The molecule has 0 spiro atoms. The van der Waals surface area contributed by atoms with Crippen molar-refractivity contribution in [3.63, 3.8) is 0 Å². The van der Waals surface area contributed by atoms with Gasteiger partial charge in [-0.2, -0.15) is 13.2 Å². The van der Waals surface area contributed by atoms with E-state index in [1.54, 1.807) is 0 Å². The molecule has 0 fully saturated rings. The normalized spacial score (nSPS) is 11.3. The zero-order valence-electron chi connectivity index (χ0n) is 12.4. The van der Waals surface area contributed by atoms with Crippen molar-refractivity contribution in [2.24, 2.45) is 0 Å². The number of carbonyl (C=O) groups is 1. The van der Waals surface area contributed by atoms with E-state index in [0.29, 0.717) is 17.3 Å². The third-order valence-corrected chi connectivity index (χ3v) is 4.27. The number of anilines is 1. The molecule has 0 atom stereocenters. The van der Waals surface area contributed by atoms with Crippen LogP contribution in [0.2, 0.25) is 0 Å². The van der Waals surface area contributed by atoms with Gasteiger partial charge in [0.2, 0.25) is 0 Å². The highest BCUT2D eigenvalue weighted by molar-refractivity contribution is 7.17. The lowest BCUT2D eigenvalue weighted by Gasteiger charge is -2.08. The minimum absolute atomic E-state index is 0.177. The molecular weight excluding hydrogens is 355 g/mol. The van der Waals surface area contributed by atoms with Crippen molar-refractivity contribution in [3.05, 3.63) is 69.6 Å². The second kappa shape index (κ2) is 6.52. The Balaban J connectivity index is 1.84. The van der Waals surface area contributed by atoms with Crippen LogP contribution in [0.25, 0.3) is 10.6 Å². The van der Waals surface area contributed by atoms with E-state index in [1.165, 1.54) is 6.20 Å². The van der Waals surface area contributed by atoms with Gasteiger partial charge in [-0.1, -0.05) is 30.3 Å². The summed E-state index contributed by atoms with van der Waals surface area (Å²) < 4.78 is 38.1. The topological polar surface area (TPSA) is 74.8 Å². The van der Waals surface area contributed by atoms with Crippen molar-refractivity contribution in [2.75, 3.05) is 5.32 Å². The van der Waals surface area contributed by atoms with Crippen LogP contribution in [0.15, 0.2) is 53.6 Å². The average molecular weight is 365 g/mol. The van der Waals surface area contributed by atoms with Crippen molar-refractivity contribution in [1.82, 2.24) is 9.97 Å². The fourth-order valence-electron chi connectivity index (χ4n) is 2.02. The first-order valence-corrected chi connectivity index (χ1v) is 7.79. The van der Waals surface area contributed by atoms with Gasteiger partial charge in [-0.25, -0.2) is 4.98 Å². The largest absolute Gasteiger partial charge is 0.417 e. The number of nitrogens with zero attached hydrogens (tertiary/aromatic N) is 1. The predicted molar refractivity (Wildman–Crippen MR) is 87.6 cm³/mol. The van der Waals surface area contributed by atoms with Crippen LogP contribution in [0.1, 0.15) is 15.2 Å². The summed E-state index contributed by atoms with van der Waals surface area (Å²) in [6.45, 7) is 0. The molecule has 5 nitrogen and oxygen atoms in total. The number of amides is 1. The maximum atomic E-state index is 12.7. The summed E-state index contributed by atoms with van der Waals surface area (Å²) in [5, 5.41) is 2.78. The summed E-state index contributed by atoms with van der Waals surface area (Å²) in [5.74, 6) is -0.704. The van der Waals surface area contributed by atoms with Gasteiger partial charge in [0.05, 0.1) is 11.8 Å². The quantitative estimate of drug-likeness (QED) is 0.742. The Hall–Kier alpha value is -2.94. The number of hydrogen-bond acceptors (Lipinski definition) is 4. The SMILES string of the molecule is O=C(Nc1cc(C(F)(F)F)c[nH]c1=O)c1cnc(-c2ccccc2)s1.